The minimum atomic E-state index is -0.802. The fourth-order valence-corrected chi connectivity index (χ4v) is 1.54. The third kappa shape index (κ3) is 4.87. The maximum atomic E-state index is 11.8. The lowest BCUT2D eigenvalue weighted by molar-refractivity contribution is -0.384. The molecule has 0 saturated carbocycles. The second-order valence-corrected chi connectivity index (χ2v) is 5.00. The number of nitro groups is 1. The van der Waals surface area contributed by atoms with E-state index in [1.165, 1.54) is 12.1 Å². The Morgan fingerprint density at radius 2 is 2.10 bits per heavy atom. The van der Waals surface area contributed by atoms with Crippen LogP contribution < -0.4 is 10.1 Å². The van der Waals surface area contributed by atoms with Crippen LogP contribution >= 0.6 is 0 Å². The van der Waals surface area contributed by atoms with Gasteiger partial charge in [0, 0.05) is 18.7 Å². The molecule has 0 saturated heterocycles. The predicted octanol–water partition coefficient (Wildman–Crippen LogP) is 1.95. The van der Waals surface area contributed by atoms with E-state index in [2.05, 4.69) is 5.32 Å². The highest BCUT2D eigenvalue weighted by molar-refractivity contribution is 5.83. The number of amides is 1. The van der Waals surface area contributed by atoms with Crippen molar-refractivity contribution in [2.24, 2.45) is 5.92 Å². The molecule has 0 aliphatic heterocycles. The first-order chi connectivity index (χ1) is 9.85. The fourth-order valence-electron chi connectivity index (χ4n) is 1.54. The van der Waals surface area contributed by atoms with Gasteiger partial charge in [0.25, 0.3) is 11.6 Å². The lowest BCUT2D eigenvalue weighted by atomic mass is 10.2. The predicted molar refractivity (Wildman–Crippen MR) is 76.4 cm³/mol. The Hall–Kier alpha value is -2.44. The number of carbonyl (C=O) groups is 2. The summed E-state index contributed by atoms with van der Waals surface area (Å²) in [4.78, 5) is 32.8. The molecule has 0 unspecified atom stereocenters. The zero-order chi connectivity index (χ0) is 16.0. The number of non-ortho nitro benzene ring substituents is 1. The van der Waals surface area contributed by atoms with E-state index in [0.717, 1.165) is 6.07 Å². The van der Waals surface area contributed by atoms with Crippen molar-refractivity contribution >= 4 is 17.9 Å². The number of nitrogens with one attached hydrogen (secondary N) is 1. The molecule has 0 radical (unpaired) electrons. The summed E-state index contributed by atoms with van der Waals surface area (Å²) in [6.07, 6.45) is -0.343. The van der Waals surface area contributed by atoms with Gasteiger partial charge in [-0.2, -0.15) is 0 Å². The van der Waals surface area contributed by atoms with Gasteiger partial charge in [0.2, 0.25) is 0 Å². The highest BCUT2D eigenvalue weighted by Crippen LogP contribution is 2.23. The number of nitrogens with zero attached hydrogens (tertiary/aromatic N) is 1. The summed E-state index contributed by atoms with van der Waals surface area (Å²) in [6.45, 7) is 6.00. The Balaban J connectivity index is 2.80. The summed E-state index contributed by atoms with van der Waals surface area (Å²) in [7, 11) is 0. The van der Waals surface area contributed by atoms with Gasteiger partial charge in [-0.3, -0.25) is 19.7 Å². The molecule has 0 fully saturated rings. The van der Waals surface area contributed by atoms with Crippen molar-refractivity contribution in [3.63, 3.8) is 0 Å². The third-order valence-corrected chi connectivity index (χ3v) is 2.69. The van der Waals surface area contributed by atoms with Crippen molar-refractivity contribution in [2.75, 3.05) is 6.54 Å². The van der Waals surface area contributed by atoms with Gasteiger partial charge in [-0.25, -0.2) is 0 Å². The molecular weight excluding hydrogens is 276 g/mol. The summed E-state index contributed by atoms with van der Waals surface area (Å²) in [6, 6.07) is 3.65. The Morgan fingerprint density at radius 1 is 1.43 bits per heavy atom. The van der Waals surface area contributed by atoms with Crippen molar-refractivity contribution in [2.45, 2.75) is 26.9 Å². The summed E-state index contributed by atoms with van der Waals surface area (Å²) in [5.74, 6) is 0.146. The fraction of sp³-hybridized carbons (Fsp3) is 0.429. The van der Waals surface area contributed by atoms with E-state index in [9.17, 15) is 19.7 Å². The van der Waals surface area contributed by atoms with Crippen LogP contribution in [-0.2, 0) is 4.79 Å². The highest BCUT2D eigenvalue weighted by Gasteiger charge is 2.18. The van der Waals surface area contributed by atoms with Gasteiger partial charge in [0.15, 0.2) is 12.4 Å². The minimum absolute atomic E-state index is 0.0349. The van der Waals surface area contributed by atoms with Crippen LogP contribution in [0.25, 0.3) is 0 Å². The lowest BCUT2D eigenvalue weighted by Crippen LogP contribution is -2.38. The van der Waals surface area contributed by atoms with Gasteiger partial charge in [0.05, 0.1) is 10.5 Å². The molecule has 114 valence electrons. The molecule has 1 amide bonds. The van der Waals surface area contributed by atoms with Crippen LogP contribution in [0.5, 0.6) is 5.75 Å². The van der Waals surface area contributed by atoms with Crippen LogP contribution in [0.2, 0.25) is 0 Å². The normalized spacial score (nSPS) is 11.8. The Morgan fingerprint density at radius 3 is 2.62 bits per heavy atom. The van der Waals surface area contributed by atoms with Gasteiger partial charge in [0.1, 0.15) is 5.75 Å². The van der Waals surface area contributed by atoms with E-state index in [0.29, 0.717) is 18.7 Å². The second-order valence-electron chi connectivity index (χ2n) is 5.00. The number of nitro benzene ring substituents is 1. The summed E-state index contributed by atoms with van der Waals surface area (Å²) >= 11 is 0. The molecule has 0 aromatic heterocycles. The minimum Gasteiger partial charge on any atom is -0.480 e. The molecule has 0 bridgehead atoms. The van der Waals surface area contributed by atoms with E-state index in [1.807, 2.05) is 13.8 Å². The van der Waals surface area contributed by atoms with Gasteiger partial charge < -0.3 is 10.1 Å². The standard InChI is InChI=1S/C14H18N2O5/c1-9(2)7-15-14(18)10(3)21-13-5-4-12(16(19)20)6-11(13)8-17/h4-6,8-10H,7H2,1-3H3,(H,15,18)/t10-/m0/s1. The highest BCUT2D eigenvalue weighted by atomic mass is 16.6. The molecule has 7 heteroatoms. The zero-order valence-corrected chi connectivity index (χ0v) is 12.2. The SMILES string of the molecule is CC(C)CNC(=O)[C@H](C)Oc1ccc([N+](=O)[O-])cc1C=O. The molecule has 0 aliphatic carbocycles. The van der Waals surface area contributed by atoms with Crippen molar-refractivity contribution in [1.29, 1.82) is 0 Å². The number of rotatable bonds is 7. The molecule has 21 heavy (non-hydrogen) atoms. The monoisotopic (exact) mass is 294 g/mol. The van der Waals surface area contributed by atoms with E-state index in [1.54, 1.807) is 6.92 Å². The summed E-state index contributed by atoms with van der Waals surface area (Å²) in [5, 5.41) is 13.4. The molecule has 7 nitrogen and oxygen atoms in total. The summed E-state index contributed by atoms with van der Waals surface area (Å²) < 4.78 is 5.40. The first-order valence-electron chi connectivity index (χ1n) is 6.53. The quantitative estimate of drug-likeness (QED) is 0.471. The van der Waals surface area contributed by atoms with E-state index >= 15 is 0 Å². The number of carbonyl (C=O) groups excluding carboxylic acids is 2. The van der Waals surface area contributed by atoms with E-state index < -0.39 is 11.0 Å². The smallest absolute Gasteiger partial charge is 0.270 e. The third-order valence-electron chi connectivity index (χ3n) is 2.69. The van der Waals surface area contributed by atoms with Crippen LogP contribution in [0.3, 0.4) is 0 Å². The molecule has 0 aliphatic rings. The number of aldehydes is 1. The molecule has 1 rings (SSSR count). The Bertz CT molecular complexity index is 542. The largest absolute Gasteiger partial charge is 0.480 e. The van der Waals surface area contributed by atoms with Crippen molar-refractivity contribution in [1.82, 2.24) is 5.32 Å². The Kier molecular flexibility index (Phi) is 5.83. The van der Waals surface area contributed by atoms with Gasteiger partial charge in [-0.15, -0.1) is 0 Å². The van der Waals surface area contributed by atoms with Gasteiger partial charge >= 0.3 is 0 Å². The molecule has 1 atom stereocenters. The average Bonchev–Trinajstić information content (AvgIpc) is 2.44. The molecule has 1 N–H and O–H groups in total. The number of hydrogen-bond donors (Lipinski definition) is 1. The van der Waals surface area contributed by atoms with E-state index in [-0.39, 0.29) is 22.9 Å². The van der Waals surface area contributed by atoms with Gasteiger partial charge in [-0.05, 0) is 18.9 Å². The molecule has 0 spiro atoms. The maximum Gasteiger partial charge on any atom is 0.270 e. The van der Waals surface area contributed by atoms with Crippen LogP contribution in [0, 0.1) is 16.0 Å². The first-order valence-corrected chi connectivity index (χ1v) is 6.53. The molecule has 1 aromatic rings. The van der Waals surface area contributed by atoms with Gasteiger partial charge in [-0.1, -0.05) is 13.8 Å². The van der Waals surface area contributed by atoms with Crippen molar-refractivity contribution in [3.8, 4) is 5.75 Å². The molecule has 0 heterocycles. The summed E-state index contributed by atoms with van der Waals surface area (Å²) in [5.41, 5.74) is -0.172. The Labute approximate surface area is 122 Å². The molecular formula is C14H18N2O5. The first kappa shape index (κ1) is 16.6. The topological polar surface area (TPSA) is 98.5 Å². The van der Waals surface area contributed by atoms with Crippen LogP contribution in [0.4, 0.5) is 5.69 Å². The van der Waals surface area contributed by atoms with E-state index in [4.69, 9.17) is 4.74 Å². The van der Waals surface area contributed by atoms with Crippen LogP contribution in [0.1, 0.15) is 31.1 Å². The van der Waals surface area contributed by atoms with Crippen molar-refractivity contribution in [3.05, 3.63) is 33.9 Å². The van der Waals surface area contributed by atoms with Crippen LogP contribution in [-0.4, -0.2) is 29.8 Å². The number of benzene rings is 1. The average molecular weight is 294 g/mol. The van der Waals surface area contributed by atoms with Crippen LogP contribution in [0.15, 0.2) is 18.2 Å². The van der Waals surface area contributed by atoms with Crippen molar-refractivity contribution < 1.29 is 19.2 Å². The zero-order valence-electron chi connectivity index (χ0n) is 12.2. The second kappa shape index (κ2) is 7.37. The maximum absolute atomic E-state index is 11.8. The molecule has 1 aromatic carbocycles. The number of ether oxygens (including phenoxy) is 1. The lowest BCUT2D eigenvalue weighted by Gasteiger charge is -2.16. The number of hydrogen-bond acceptors (Lipinski definition) is 5.